The van der Waals surface area contributed by atoms with Gasteiger partial charge in [-0.2, -0.15) is 0 Å². The summed E-state index contributed by atoms with van der Waals surface area (Å²) in [5.74, 6) is 0.194. The first-order valence-electron chi connectivity index (χ1n) is 7.95. The number of aromatic amines is 1. The number of fused-ring (bicyclic) bond motifs is 3. The number of phenols is 1. The van der Waals surface area contributed by atoms with Gasteiger partial charge < -0.3 is 15.2 Å². The summed E-state index contributed by atoms with van der Waals surface area (Å²) >= 11 is 1.40. The van der Waals surface area contributed by atoms with Gasteiger partial charge in [-0.25, -0.2) is 0 Å². The molecule has 0 radical (unpaired) electrons. The molecule has 5 nitrogen and oxygen atoms in total. The van der Waals surface area contributed by atoms with E-state index in [0.717, 1.165) is 35.8 Å². The maximum Gasteiger partial charge on any atom is 0.266 e. The van der Waals surface area contributed by atoms with Gasteiger partial charge in [-0.15, -0.1) is 11.3 Å². The first-order valence-corrected chi connectivity index (χ1v) is 8.83. The van der Waals surface area contributed by atoms with Crippen LogP contribution in [0.25, 0.3) is 27.1 Å². The Morgan fingerprint density at radius 3 is 3.04 bits per heavy atom. The molecule has 0 bridgehead atoms. The molecule has 2 aromatic heterocycles. The molecule has 0 amide bonds. The molecular weight excluding hydrogens is 324 g/mol. The third-order valence-electron chi connectivity index (χ3n) is 4.51. The van der Waals surface area contributed by atoms with Crippen molar-refractivity contribution in [2.75, 3.05) is 19.6 Å². The van der Waals surface area contributed by atoms with E-state index < -0.39 is 0 Å². The Hall–Kier alpha value is -2.15. The van der Waals surface area contributed by atoms with E-state index in [4.69, 9.17) is 0 Å². The van der Waals surface area contributed by atoms with Crippen LogP contribution in [0.5, 0.6) is 5.75 Å². The number of rotatable bonds is 3. The molecular formula is C18H18N2O3S. The van der Waals surface area contributed by atoms with Crippen LogP contribution in [0.3, 0.4) is 0 Å². The topological polar surface area (TPSA) is 76.6 Å². The van der Waals surface area contributed by atoms with Crippen molar-refractivity contribution < 1.29 is 10.2 Å². The summed E-state index contributed by atoms with van der Waals surface area (Å²) in [6, 6.07) is 5.26. The molecule has 3 N–H and O–H groups in total. The Kier molecular flexibility index (Phi) is 3.88. The van der Waals surface area contributed by atoms with Gasteiger partial charge >= 0.3 is 0 Å². The Balaban J connectivity index is 1.78. The van der Waals surface area contributed by atoms with Crippen molar-refractivity contribution in [1.29, 1.82) is 0 Å². The predicted octanol–water partition coefficient (Wildman–Crippen LogP) is 2.53. The van der Waals surface area contributed by atoms with Gasteiger partial charge in [0.1, 0.15) is 10.4 Å². The summed E-state index contributed by atoms with van der Waals surface area (Å²) in [5, 5.41) is 23.5. The predicted molar refractivity (Wildman–Crippen MR) is 97.7 cm³/mol. The normalized spacial score (nSPS) is 19.1. The monoisotopic (exact) mass is 342 g/mol. The molecule has 6 heteroatoms. The fourth-order valence-corrected chi connectivity index (χ4v) is 4.13. The molecule has 4 rings (SSSR count). The van der Waals surface area contributed by atoms with Crippen molar-refractivity contribution >= 4 is 38.4 Å². The third kappa shape index (κ3) is 2.62. The second-order valence-electron chi connectivity index (χ2n) is 6.14. The number of phenolic OH excluding ortho intramolecular Hbond substituents is 1. The van der Waals surface area contributed by atoms with Gasteiger partial charge in [0, 0.05) is 41.5 Å². The average molecular weight is 342 g/mol. The highest BCUT2D eigenvalue weighted by molar-refractivity contribution is 7.17. The molecule has 0 aliphatic carbocycles. The van der Waals surface area contributed by atoms with Gasteiger partial charge in [-0.1, -0.05) is 12.2 Å². The van der Waals surface area contributed by atoms with Gasteiger partial charge in [0.25, 0.3) is 5.56 Å². The fourth-order valence-electron chi connectivity index (χ4n) is 3.33. The minimum absolute atomic E-state index is 0.0980. The summed E-state index contributed by atoms with van der Waals surface area (Å²) in [5.41, 5.74) is 1.34. The van der Waals surface area contributed by atoms with Crippen molar-refractivity contribution in [3.8, 4) is 5.75 Å². The smallest absolute Gasteiger partial charge is 0.266 e. The molecule has 124 valence electrons. The molecule has 1 aromatic carbocycles. The third-order valence-corrected chi connectivity index (χ3v) is 5.42. The Morgan fingerprint density at radius 1 is 1.38 bits per heavy atom. The number of hydrogen-bond donors (Lipinski definition) is 3. The van der Waals surface area contributed by atoms with Crippen molar-refractivity contribution in [2.45, 2.75) is 12.5 Å². The molecule has 0 spiro atoms. The molecule has 1 unspecified atom stereocenters. The number of hydrogen-bond acceptors (Lipinski definition) is 5. The molecule has 0 saturated carbocycles. The number of aliphatic hydroxyl groups is 1. The molecule has 3 aromatic rings. The van der Waals surface area contributed by atoms with Gasteiger partial charge in [-0.3, -0.25) is 9.69 Å². The summed E-state index contributed by atoms with van der Waals surface area (Å²) in [7, 11) is 0. The number of nitrogens with zero attached hydrogens (tertiary/aromatic N) is 1. The number of likely N-dealkylation sites (tertiary alicyclic amines) is 1. The van der Waals surface area contributed by atoms with Crippen LogP contribution in [-0.2, 0) is 0 Å². The lowest BCUT2D eigenvalue weighted by Crippen LogP contribution is -2.21. The first-order chi connectivity index (χ1) is 11.6. The van der Waals surface area contributed by atoms with Crippen molar-refractivity contribution in [3.63, 3.8) is 0 Å². The van der Waals surface area contributed by atoms with Gasteiger partial charge in [-0.05, 0) is 30.0 Å². The highest BCUT2D eigenvalue weighted by atomic mass is 32.1. The fraction of sp³-hybridized carbons (Fsp3) is 0.278. The van der Waals surface area contributed by atoms with Gasteiger partial charge in [0.05, 0.1) is 6.10 Å². The number of thiophene rings is 1. The highest BCUT2D eigenvalue weighted by Crippen LogP contribution is 2.33. The number of pyridine rings is 1. The zero-order chi connectivity index (χ0) is 16.7. The standard InChI is InChI=1S/C18H18N2O3S/c21-11-5-8-20(10-11)7-1-2-12-15(22)4-3-14-16(12)13-6-9-24-17(13)18(23)19-14/h1-4,6,9,11,21-22H,5,7-8,10H2,(H,19,23). The summed E-state index contributed by atoms with van der Waals surface area (Å²) < 4.78 is 0.672. The van der Waals surface area contributed by atoms with Crippen LogP contribution in [0, 0.1) is 0 Å². The van der Waals surface area contributed by atoms with E-state index in [1.54, 1.807) is 12.1 Å². The van der Waals surface area contributed by atoms with Crippen molar-refractivity contribution in [2.24, 2.45) is 0 Å². The Labute approximate surface area is 142 Å². The lowest BCUT2D eigenvalue weighted by Gasteiger charge is -2.12. The molecule has 1 aliphatic rings. The van der Waals surface area contributed by atoms with Crippen LogP contribution in [0.15, 0.2) is 34.4 Å². The molecule has 3 heterocycles. The van der Waals surface area contributed by atoms with Crippen molar-refractivity contribution in [1.82, 2.24) is 9.88 Å². The van der Waals surface area contributed by atoms with E-state index in [2.05, 4.69) is 9.88 Å². The summed E-state index contributed by atoms with van der Waals surface area (Å²) in [6.45, 7) is 2.30. The maximum absolute atomic E-state index is 12.1. The van der Waals surface area contributed by atoms with Gasteiger partial charge in [0.15, 0.2) is 0 Å². The van der Waals surface area contributed by atoms with E-state index in [1.807, 2.05) is 23.6 Å². The van der Waals surface area contributed by atoms with Gasteiger partial charge in [0.2, 0.25) is 0 Å². The van der Waals surface area contributed by atoms with Crippen LogP contribution < -0.4 is 5.56 Å². The minimum Gasteiger partial charge on any atom is -0.507 e. The number of aromatic nitrogens is 1. The van der Waals surface area contributed by atoms with E-state index in [9.17, 15) is 15.0 Å². The average Bonchev–Trinajstić information content (AvgIpc) is 3.19. The SMILES string of the molecule is O=c1[nH]c2ccc(O)c(C=CCN3CCC(O)C3)c2c2ccsc12. The lowest BCUT2D eigenvalue weighted by molar-refractivity contribution is 0.179. The number of nitrogens with one attached hydrogen (secondary N) is 1. The highest BCUT2D eigenvalue weighted by Gasteiger charge is 2.18. The zero-order valence-electron chi connectivity index (χ0n) is 13.0. The largest absolute Gasteiger partial charge is 0.507 e. The quantitative estimate of drug-likeness (QED) is 0.684. The van der Waals surface area contributed by atoms with Crippen LogP contribution in [0.2, 0.25) is 0 Å². The number of aliphatic hydroxyl groups excluding tert-OH is 1. The van der Waals surface area contributed by atoms with Crippen LogP contribution in [-0.4, -0.2) is 45.8 Å². The number of H-pyrrole nitrogens is 1. The Morgan fingerprint density at radius 2 is 2.25 bits per heavy atom. The second kappa shape index (κ2) is 6.05. The van der Waals surface area contributed by atoms with E-state index in [-0.39, 0.29) is 17.4 Å². The molecule has 24 heavy (non-hydrogen) atoms. The first kappa shape index (κ1) is 15.4. The summed E-state index contributed by atoms with van der Waals surface area (Å²) in [6.07, 6.45) is 4.47. The zero-order valence-corrected chi connectivity index (χ0v) is 13.8. The molecule has 1 saturated heterocycles. The molecule has 1 aliphatic heterocycles. The maximum atomic E-state index is 12.1. The minimum atomic E-state index is -0.236. The number of benzene rings is 1. The van der Waals surface area contributed by atoms with E-state index in [1.165, 1.54) is 11.3 Å². The summed E-state index contributed by atoms with van der Waals surface area (Å²) in [4.78, 5) is 17.2. The number of β-amino-alcohol motifs (C(OH)–C–C–N with tert-alkyl or cyclic N) is 1. The Bertz CT molecular complexity index is 989. The van der Waals surface area contributed by atoms with E-state index in [0.29, 0.717) is 16.8 Å². The number of aromatic hydroxyl groups is 1. The second-order valence-corrected chi connectivity index (χ2v) is 7.06. The van der Waals surface area contributed by atoms with Crippen molar-refractivity contribution in [3.05, 3.63) is 45.6 Å². The van der Waals surface area contributed by atoms with E-state index >= 15 is 0 Å². The molecule has 1 atom stereocenters. The van der Waals surface area contributed by atoms with Crippen LogP contribution in [0.4, 0.5) is 0 Å². The van der Waals surface area contributed by atoms with Crippen LogP contribution >= 0.6 is 11.3 Å². The van der Waals surface area contributed by atoms with Crippen LogP contribution in [0.1, 0.15) is 12.0 Å². The molecule has 1 fully saturated rings. The lowest BCUT2D eigenvalue weighted by atomic mass is 10.0.